The van der Waals surface area contributed by atoms with Gasteiger partial charge in [-0.15, -0.1) is 0 Å². The molecule has 0 aliphatic heterocycles. The molecule has 3 N–H and O–H groups in total. The van der Waals surface area contributed by atoms with E-state index in [1.54, 1.807) is 12.3 Å². The minimum absolute atomic E-state index is 0.0872. The molecule has 5 nitrogen and oxygen atoms in total. The molecule has 28 heavy (non-hydrogen) atoms. The number of hydrogen-bond acceptors (Lipinski definition) is 5. The number of nitrogens with zero attached hydrogens (tertiary/aromatic N) is 2. The molecule has 2 heterocycles. The van der Waals surface area contributed by atoms with E-state index >= 15 is 0 Å². The summed E-state index contributed by atoms with van der Waals surface area (Å²) in [5.41, 5.74) is 3.69. The first-order valence-electron chi connectivity index (χ1n) is 9.09. The predicted octanol–water partition coefficient (Wildman–Crippen LogP) is 4.86. The molecule has 0 unspecified atom stereocenters. The van der Waals surface area contributed by atoms with Crippen LogP contribution in [0.3, 0.4) is 0 Å². The first kappa shape index (κ1) is 17.8. The van der Waals surface area contributed by atoms with Gasteiger partial charge in [0.15, 0.2) is 0 Å². The van der Waals surface area contributed by atoms with E-state index in [0.717, 1.165) is 16.6 Å². The summed E-state index contributed by atoms with van der Waals surface area (Å²) in [7, 11) is 0. The smallest absolute Gasteiger partial charge is 0.147 e. The van der Waals surface area contributed by atoms with E-state index in [-0.39, 0.29) is 11.5 Å². The Morgan fingerprint density at radius 3 is 2.57 bits per heavy atom. The maximum absolute atomic E-state index is 11.0. The Labute approximate surface area is 163 Å². The molecule has 5 heteroatoms. The minimum Gasteiger partial charge on any atom is -0.508 e. The summed E-state index contributed by atoms with van der Waals surface area (Å²) in [5.74, 6) is 0.895. The van der Waals surface area contributed by atoms with Crippen LogP contribution < -0.4 is 5.32 Å². The summed E-state index contributed by atoms with van der Waals surface area (Å²) in [5, 5.41) is 25.7. The van der Waals surface area contributed by atoms with E-state index in [4.69, 9.17) is 0 Å². The number of phenolic OH excluding ortho intramolecular Hbond substituents is 2. The zero-order chi connectivity index (χ0) is 19.7. The van der Waals surface area contributed by atoms with Crippen LogP contribution in [0.25, 0.3) is 10.9 Å². The highest BCUT2D eigenvalue weighted by Crippen LogP contribution is 2.39. The first-order valence-corrected chi connectivity index (χ1v) is 9.09. The molecular weight excluding hydrogens is 350 g/mol. The van der Waals surface area contributed by atoms with Crippen molar-refractivity contribution in [1.82, 2.24) is 9.97 Å². The largest absolute Gasteiger partial charge is 0.508 e. The fourth-order valence-corrected chi connectivity index (χ4v) is 3.38. The van der Waals surface area contributed by atoms with Crippen LogP contribution in [0.2, 0.25) is 0 Å². The Morgan fingerprint density at radius 1 is 0.893 bits per heavy atom. The van der Waals surface area contributed by atoms with Crippen molar-refractivity contribution >= 4 is 16.7 Å². The van der Waals surface area contributed by atoms with E-state index in [1.165, 1.54) is 0 Å². The molecule has 0 radical (unpaired) electrons. The van der Waals surface area contributed by atoms with Crippen LogP contribution in [0.4, 0.5) is 5.82 Å². The highest BCUT2D eigenvalue weighted by atomic mass is 16.3. The van der Waals surface area contributed by atoms with Crippen LogP contribution in [-0.4, -0.2) is 20.2 Å². The Balaban J connectivity index is 1.90. The quantitative estimate of drug-likeness (QED) is 0.477. The number of aryl methyl sites for hydroxylation is 2. The van der Waals surface area contributed by atoms with Gasteiger partial charge in [-0.25, -0.2) is 4.98 Å². The molecular formula is C23H21N3O2. The molecule has 0 saturated carbocycles. The number of pyridine rings is 2. The third kappa shape index (κ3) is 3.34. The van der Waals surface area contributed by atoms with Crippen molar-refractivity contribution in [3.63, 3.8) is 0 Å². The van der Waals surface area contributed by atoms with Crippen molar-refractivity contribution in [3.05, 3.63) is 89.2 Å². The maximum Gasteiger partial charge on any atom is 0.147 e. The lowest BCUT2D eigenvalue weighted by atomic mass is 9.94. The van der Waals surface area contributed by atoms with Gasteiger partial charge in [-0.2, -0.15) is 0 Å². The Morgan fingerprint density at radius 2 is 1.75 bits per heavy atom. The molecule has 4 rings (SSSR count). The molecule has 4 aromatic rings. The number of phenols is 2. The normalized spacial score (nSPS) is 12.1. The van der Waals surface area contributed by atoms with Crippen LogP contribution in [0, 0.1) is 13.8 Å². The fraction of sp³-hybridized carbons (Fsp3) is 0.130. The predicted molar refractivity (Wildman–Crippen MR) is 111 cm³/mol. The summed E-state index contributed by atoms with van der Waals surface area (Å²) in [4.78, 5) is 8.84. The van der Waals surface area contributed by atoms with Gasteiger partial charge >= 0.3 is 0 Å². The summed E-state index contributed by atoms with van der Waals surface area (Å²) in [6.45, 7) is 3.88. The van der Waals surface area contributed by atoms with E-state index in [2.05, 4.69) is 15.3 Å². The standard InChI is InChI=1S/C23H21N3O2/c1-14-8-11-19(27)18(13-14)22(26-20-7-3-5-15(2)25-20)17-10-9-16-6-4-12-24-21(16)23(17)28/h3-13,22,27-28H,1-2H3,(H,25,26)/t22-/m1/s1. The first-order chi connectivity index (χ1) is 13.5. The Kier molecular flexibility index (Phi) is 4.57. The van der Waals surface area contributed by atoms with Crippen molar-refractivity contribution in [2.75, 3.05) is 5.32 Å². The van der Waals surface area contributed by atoms with Crippen LogP contribution >= 0.6 is 0 Å². The molecule has 0 spiro atoms. The minimum atomic E-state index is -0.499. The zero-order valence-electron chi connectivity index (χ0n) is 15.7. The van der Waals surface area contributed by atoms with Gasteiger partial charge in [-0.1, -0.05) is 35.9 Å². The van der Waals surface area contributed by atoms with Gasteiger partial charge in [0, 0.05) is 28.4 Å². The number of aromatic hydroxyl groups is 2. The van der Waals surface area contributed by atoms with Crippen LogP contribution in [0.5, 0.6) is 11.5 Å². The molecule has 2 aromatic heterocycles. The van der Waals surface area contributed by atoms with Crippen LogP contribution in [0.1, 0.15) is 28.4 Å². The highest BCUT2D eigenvalue weighted by Gasteiger charge is 2.23. The second-order valence-electron chi connectivity index (χ2n) is 6.88. The maximum atomic E-state index is 11.0. The number of hydrogen-bond donors (Lipinski definition) is 3. The lowest BCUT2D eigenvalue weighted by molar-refractivity contribution is 0.459. The third-order valence-corrected chi connectivity index (χ3v) is 4.76. The van der Waals surface area contributed by atoms with Crippen molar-refractivity contribution < 1.29 is 10.2 Å². The molecule has 0 fully saturated rings. The summed E-state index contributed by atoms with van der Waals surface area (Å²) in [6, 6.07) is 18.1. The van der Waals surface area contributed by atoms with Gasteiger partial charge in [-0.3, -0.25) is 4.98 Å². The second kappa shape index (κ2) is 7.19. The lowest BCUT2D eigenvalue weighted by Crippen LogP contribution is -2.14. The number of rotatable bonds is 4. The average Bonchev–Trinajstić information content (AvgIpc) is 2.69. The summed E-state index contributed by atoms with van der Waals surface area (Å²) >= 11 is 0. The molecule has 0 amide bonds. The molecule has 0 bridgehead atoms. The second-order valence-corrected chi connectivity index (χ2v) is 6.88. The number of benzene rings is 2. The van der Waals surface area contributed by atoms with Crippen LogP contribution in [0.15, 0.2) is 66.9 Å². The number of nitrogens with one attached hydrogen (secondary N) is 1. The summed E-state index contributed by atoms with van der Waals surface area (Å²) < 4.78 is 0. The van der Waals surface area contributed by atoms with Crippen molar-refractivity contribution in [2.45, 2.75) is 19.9 Å². The third-order valence-electron chi connectivity index (χ3n) is 4.76. The van der Waals surface area contributed by atoms with E-state index in [1.807, 2.05) is 68.4 Å². The highest BCUT2D eigenvalue weighted by molar-refractivity contribution is 5.86. The molecule has 1 atom stereocenters. The topological polar surface area (TPSA) is 78.3 Å². The van der Waals surface area contributed by atoms with Gasteiger partial charge < -0.3 is 15.5 Å². The molecule has 140 valence electrons. The number of aromatic nitrogens is 2. The van der Waals surface area contributed by atoms with Crippen molar-refractivity contribution in [2.24, 2.45) is 0 Å². The van der Waals surface area contributed by atoms with Crippen molar-refractivity contribution in [3.8, 4) is 11.5 Å². The monoisotopic (exact) mass is 371 g/mol. The van der Waals surface area contributed by atoms with E-state index in [9.17, 15) is 10.2 Å². The van der Waals surface area contributed by atoms with Gasteiger partial charge in [0.1, 0.15) is 22.8 Å². The van der Waals surface area contributed by atoms with Gasteiger partial charge in [0.2, 0.25) is 0 Å². The Hall–Kier alpha value is -3.60. The van der Waals surface area contributed by atoms with Gasteiger partial charge in [0.05, 0.1) is 6.04 Å². The van der Waals surface area contributed by atoms with Crippen LogP contribution in [-0.2, 0) is 0 Å². The van der Waals surface area contributed by atoms with Crippen molar-refractivity contribution in [1.29, 1.82) is 0 Å². The lowest BCUT2D eigenvalue weighted by Gasteiger charge is -2.23. The zero-order valence-corrected chi connectivity index (χ0v) is 15.7. The molecule has 0 aliphatic rings. The fourth-order valence-electron chi connectivity index (χ4n) is 3.38. The van der Waals surface area contributed by atoms with Gasteiger partial charge in [0.25, 0.3) is 0 Å². The average molecular weight is 371 g/mol. The number of anilines is 1. The number of fused-ring (bicyclic) bond motifs is 1. The molecule has 0 saturated heterocycles. The van der Waals surface area contributed by atoms with Gasteiger partial charge in [-0.05, 0) is 44.2 Å². The Bertz CT molecular complexity index is 1160. The van der Waals surface area contributed by atoms with E-state index < -0.39 is 6.04 Å². The van der Waals surface area contributed by atoms with E-state index in [0.29, 0.717) is 22.5 Å². The SMILES string of the molecule is Cc1ccc(O)c([C@H](Nc2cccc(C)n2)c2ccc3cccnc3c2O)c1. The molecule has 2 aromatic carbocycles. The summed E-state index contributed by atoms with van der Waals surface area (Å²) in [6.07, 6.45) is 1.65. The molecule has 0 aliphatic carbocycles.